The van der Waals surface area contributed by atoms with Crippen LogP contribution >= 0.6 is 11.6 Å². The normalized spacial score (nSPS) is 10.8. The van der Waals surface area contributed by atoms with Crippen molar-refractivity contribution in [3.8, 4) is 0 Å². The average molecular weight is 240 g/mol. The molecule has 0 aliphatic heterocycles. The first-order valence-corrected chi connectivity index (χ1v) is 6.58. The van der Waals surface area contributed by atoms with Crippen LogP contribution in [0.15, 0.2) is 18.2 Å². The molecular weight excluding hydrogens is 218 g/mol. The van der Waals surface area contributed by atoms with Crippen LogP contribution in [0.5, 0.6) is 0 Å². The van der Waals surface area contributed by atoms with Gasteiger partial charge in [-0.1, -0.05) is 50.4 Å². The molecule has 1 aromatic rings. The number of hydrogen-bond donors (Lipinski definition) is 1. The van der Waals surface area contributed by atoms with E-state index >= 15 is 0 Å². The molecule has 0 aliphatic rings. The van der Waals surface area contributed by atoms with Crippen molar-refractivity contribution in [2.24, 2.45) is 0 Å². The van der Waals surface area contributed by atoms with Gasteiger partial charge in [0.15, 0.2) is 0 Å². The Hall–Kier alpha value is -0.690. The van der Waals surface area contributed by atoms with Gasteiger partial charge in [-0.25, -0.2) is 0 Å². The first-order chi connectivity index (χ1) is 7.69. The second kappa shape index (κ2) is 6.80. The topological polar surface area (TPSA) is 12.0 Å². The Labute approximate surface area is 104 Å². The summed E-state index contributed by atoms with van der Waals surface area (Å²) in [6.07, 6.45) is 4.83. The molecule has 0 amide bonds. The molecule has 0 aliphatic carbocycles. The highest BCUT2D eigenvalue weighted by molar-refractivity contribution is 6.33. The lowest BCUT2D eigenvalue weighted by Crippen LogP contribution is -2.19. The first-order valence-electron chi connectivity index (χ1n) is 6.20. The summed E-state index contributed by atoms with van der Waals surface area (Å²) in [5.74, 6) is 0. The summed E-state index contributed by atoms with van der Waals surface area (Å²) < 4.78 is 0. The number of nitrogens with one attached hydrogen (secondary N) is 1. The van der Waals surface area contributed by atoms with Gasteiger partial charge in [-0.2, -0.15) is 0 Å². The highest BCUT2D eigenvalue weighted by Crippen LogP contribution is 2.27. The van der Waals surface area contributed by atoms with Crippen molar-refractivity contribution in [3.63, 3.8) is 0 Å². The number of anilines is 1. The third kappa shape index (κ3) is 3.71. The molecule has 0 bridgehead atoms. The minimum atomic E-state index is 0.550. The minimum absolute atomic E-state index is 0.550. The fourth-order valence-electron chi connectivity index (χ4n) is 2.00. The summed E-state index contributed by atoms with van der Waals surface area (Å²) in [7, 11) is 0. The van der Waals surface area contributed by atoms with Gasteiger partial charge in [0.2, 0.25) is 0 Å². The molecule has 0 spiro atoms. The molecule has 0 unspecified atom stereocenters. The lowest BCUT2D eigenvalue weighted by Gasteiger charge is -2.21. The van der Waals surface area contributed by atoms with Crippen molar-refractivity contribution in [1.29, 1.82) is 0 Å². The lowest BCUT2D eigenvalue weighted by molar-refractivity contribution is 0.586. The number of para-hydroxylation sites is 1. The van der Waals surface area contributed by atoms with E-state index in [4.69, 9.17) is 11.6 Å². The molecule has 0 fully saturated rings. The van der Waals surface area contributed by atoms with Crippen molar-refractivity contribution in [3.05, 3.63) is 28.8 Å². The van der Waals surface area contributed by atoms with Crippen LogP contribution in [0.2, 0.25) is 5.02 Å². The molecule has 2 heteroatoms. The zero-order valence-corrected chi connectivity index (χ0v) is 11.3. The van der Waals surface area contributed by atoms with E-state index in [1.165, 1.54) is 31.2 Å². The molecule has 0 aromatic heterocycles. The molecule has 0 saturated heterocycles. The monoisotopic (exact) mass is 239 g/mol. The summed E-state index contributed by atoms with van der Waals surface area (Å²) >= 11 is 6.21. The smallest absolute Gasteiger partial charge is 0.0640 e. The summed E-state index contributed by atoms with van der Waals surface area (Å²) in [6, 6.07) is 6.60. The Morgan fingerprint density at radius 1 is 1.19 bits per heavy atom. The highest BCUT2D eigenvalue weighted by atomic mass is 35.5. The van der Waals surface area contributed by atoms with Crippen LogP contribution in [-0.2, 0) is 0 Å². The Morgan fingerprint density at radius 3 is 2.31 bits per heavy atom. The predicted molar refractivity (Wildman–Crippen MR) is 73.4 cm³/mol. The lowest BCUT2D eigenvalue weighted by atomic mass is 10.1. The second-order valence-corrected chi connectivity index (χ2v) is 4.76. The van der Waals surface area contributed by atoms with E-state index in [1.54, 1.807) is 0 Å². The standard InChI is InChI=1S/C14H22ClN/c1-4-7-12(8-5-2)16-14-11(3)9-6-10-13(14)15/h6,9-10,12,16H,4-5,7-8H2,1-3H3. The molecule has 1 N–H and O–H groups in total. The summed E-state index contributed by atoms with van der Waals surface area (Å²) in [5.41, 5.74) is 2.33. The van der Waals surface area contributed by atoms with Gasteiger partial charge in [0.05, 0.1) is 10.7 Å². The van der Waals surface area contributed by atoms with Crippen LogP contribution in [0, 0.1) is 6.92 Å². The molecule has 0 heterocycles. The van der Waals surface area contributed by atoms with Gasteiger partial charge in [-0.3, -0.25) is 0 Å². The van der Waals surface area contributed by atoms with E-state index in [1.807, 2.05) is 12.1 Å². The van der Waals surface area contributed by atoms with Gasteiger partial charge in [0.1, 0.15) is 0 Å². The van der Waals surface area contributed by atoms with E-state index in [0.29, 0.717) is 6.04 Å². The summed E-state index contributed by atoms with van der Waals surface area (Å²) in [6.45, 7) is 6.55. The van der Waals surface area contributed by atoms with Crippen LogP contribution in [0.3, 0.4) is 0 Å². The Balaban J connectivity index is 2.76. The van der Waals surface area contributed by atoms with Crippen molar-refractivity contribution < 1.29 is 0 Å². The Morgan fingerprint density at radius 2 is 1.81 bits per heavy atom. The SMILES string of the molecule is CCCC(CCC)Nc1c(C)cccc1Cl. The number of benzene rings is 1. The van der Waals surface area contributed by atoms with E-state index in [2.05, 4.69) is 32.2 Å². The van der Waals surface area contributed by atoms with Crippen LogP contribution in [0.4, 0.5) is 5.69 Å². The summed E-state index contributed by atoms with van der Waals surface area (Å²) in [5, 5.41) is 4.42. The second-order valence-electron chi connectivity index (χ2n) is 4.35. The Kier molecular flexibility index (Phi) is 5.68. The third-order valence-electron chi connectivity index (χ3n) is 2.84. The number of aryl methyl sites for hydroxylation is 1. The van der Waals surface area contributed by atoms with Crippen molar-refractivity contribution in [2.75, 3.05) is 5.32 Å². The maximum Gasteiger partial charge on any atom is 0.0640 e. The molecule has 0 saturated carbocycles. The zero-order chi connectivity index (χ0) is 12.0. The van der Waals surface area contributed by atoms with E-state index in [-0.39, 0.29) is 0 Å². The van der Waals surface area contributed by atoms with Gasteiger partial charge >= 0.3 is 0 Å². The Bertz CT molecular complexity index is 296. The van der Waals surface area contributed by atoms with Gasteiger partial charge in [-0.15, -0.1) is 0 Å². The predicted octanol–water partition coefficient (Wildman–Crippen LogP) is 5.03. The third-order valence-corrected chi connectivity index (χ3v) is 3.16. The summed E-state index contributed by atoms with van der Waals surface area (Å²) in [4.78, 5) is 0. The van der Waals surface area contributed by atoms with Gasteiger partial charge in [0, 0.05) is 6.04 Å². The van der Waals surface area contributed by atoms with Crippen LogP contribution in [0.1, 0.15) is 45.1 Å². The van der Waals surface area contributed by atoms with E-state index < -0.39 is 0 Å². The fourth-order valence-corrected chi connectivity index (χ4v) is 2.28. The number of halogens is 1. The minimum Gasteiger partial charge on any atom is -0.381 e. The molecule has 1 rings (SSSR count). The number of hydrogen-bond acceptors (Lipinski definition) is 1. The van der Waals surface area contributed by atoms with Gasteiger partial charge in [0.25, 0.3) is 0 Å². The average Bonchev–Trinajstić information content (AvgIpc) is 2.24. The maximum atomic E-state index is 6.21. The molecular formula is C14H22ClN. The van der Waals surface area contributed by atoms with Crippen LogP contribution in [0.25, 0.3) is 0 Å². The zero-order valence-electron chi connectivity index (χ0n) is 10.5. The van der Waals surface area contributed by atoms with E-state index in [9.17, 15) is 0 Å². The molecule has 1 nitrogen and oxygen atoms in total. The van der Waals surface area contributed by atoms with Crippen molar-refractivity contribution in [2.45, 2.75) is 52.5 Å². The van der Waals surface area contributed by atoms with Gasteiger partial charge < -0.3 is 5.32 Å². The molecule has 1 aromatic carbocycles. The van der Waals surface area contributed by atoms with Crippen LogP contribution in [-0.4, -0.2) is 6.04 Å². The molecule has 16 heavy (non-hydrogen) atoms. The fraction of sp³-hybridized carbons (Fsp3) is 0.571. The van der Waals surface area contributed by atoms with Crippen molar-refractivity contribution in [1.82, 2.24) is 0 Å². The maximum absolute atomic E-state index is 6.21. The molecule has 0 radical (unpaired) electrons. The quantitative estimate of drug-likeness (QED) is 0.734. The first kappa shape index (κ1) is 13.4. The highest BCUT2D eigenvalue weighted by Gasteiger charge is 2.10. The van der Waals surface area contributed by atoms with Crippen LogP contribution < -0.4 is 5.32 Å². The van der Waals surface area contributed by atoms with E-state index in [0.717, 1.165) is 10.7 Å². The number of rotatable bonds is 6. The van der Waals surface area contributed by atoms with Crippen molar-refractivity contribution >= 4 is 17.3 Å². The largest absolute Gasteiger partial charge is 0.381 e. The van der Waals surface area contributed by atoms with Gasteiger partial charge in [-0.05, 0) is 31.4 Å². The molecule has 90 valence electrons. The molecule has 0 atom stereocenters.